The fraction of sp³-hybridized carbons (Fsp3) is 0.217. The number of carbonyl (C=O) groups is 1. The number of carbonyl (C=O) groups excluding carboxylic acids is 1. The maximum absolute atomic E-state index is 10.6. The average Bonchev–Trinajstić information content (AvgIpc) is 3.24. The summed E-state index contributed by atoms with van der Waals surface area (Å²) >= 11 is 0. The fourth-order valence-electron chi connectivity index (χ4n) is 3.49. The van der Waals surface area contributed by atoms with Crippen LogP contribution in [0.15, 0.2) is 72.2 Å². The summed E-state index contributed by atoms with van der Waals surface area (Å²) in [5.74, 6) is 0.773. The number of ether oxygens (including phenoxy) is 2. The predicted molar refractivity (Wildman–Crippen MR) is 114 cm³/mol. The van der Waals surface area contributed by atoms with Gasteiger partial charge in [-0.2, -0.15) is 5.48 Å². The number of benzene rings is 2. The lowest BCUT2D eigenvalue weighted by Crippen LogP contribution is -2.27. The molecule has 8 heteroatoms. The number of nitrogens with one attached hydrogen (secondary N) is 1. The van der Waals surface area contributed by atoms with Crippen LogP contribution in [0.4, 0.5) is 0 Å². The van der Waals surface area contributed by atoms with Crippen molar-refractivity contribution in [2.45, 2.75) is 25.5 Å². The first-order valence-electron chi connectivity index (χ1n) is 9.82. The van der Waals surface area contributed by atoms with Crippen LogP contribution >= 0.6 is 0 Å². The lowest BCUT2D eigenvalue weighted by Gasteiger charge is -2.26. The van der Waals surface area contributed by atoms with Crippen molar-refractivity contribution in [3.63, 3.8) is 0 Å². The van der Waals surface area contributed by atoms with E-state index in [1.54, 1.807) is 12.4 Å². The average molecular weight is 418 g/mol. The van der Waals surface area contributed by atoms with Gasteiger partial charge in [-0.3, -0.25) is 4.79 Å². The van der Waals surface area contributed by atoms with Crippen molar-refractivity contribution < 1.29 is 19.1 Å². The smallest absolute Gasteiger partial charge is 0.320 e. The largest absolute Gasteiger partial charge is 0.491 e. The highest BCUT2D eigenvalue weighted by Crippen LogP contribution is 2.39. The molecule has 0 spiro atoms. The number of hydrogen-bond donors (Lipinski definition) is 1. The minimum absolute atomic E-state index is 0.0775. The third kappa shape index (κ3) is 4.32. The monoisotopic (exact) mass is 418 g/mol. The Bertz CT molecular complexity index is 1070. The molecule has 1 aliphatic rings. The molecule has 0 radical (unpaired) electrons. The van der Waals surface area contributed by atoms with E-state index in [1.165, 1.54) is 6.33 Å². The molecule has 0 saturated heterocycles. The SMILES string of the molecule is CC(C)Oc1ccc(C2(c3cccc(-c4cncnc4)c3)COC(NOC=O)=N2)cc1. The minimum Gasteiger partial charge on any atom is -0.491 e. The zero-order chi connectivity index (χ0) is 21.7. The Morgan fingerprint density at radius 3 is 2.55 bits per heavy atom. The maximum atomic E-state index is 10.6. The second kappa shape index (κ2) is 8.83. The van der Waals surface area contributed by atoms with Crippen LogP contribution in [0.1, 0.15) is 25.0 Å². The Labute approximate surface area is 179 Å². The van der Waals surface area contributed by atoms with Crippen molar-refractivity contribution in [3.05, 3.63) is 78.4 Å². The number of rotatable bonds is 7. The molecule has 31 heavy (non-hydrogen) atoms. The molecule has 3 aromatic rings. The molecular formula is C23H22N4O4. The highest BCUT2D eigenvalue weighted by molar-refractivity contribution is 5.77. The van der Waals surface area contributed by atoms with Gasteiger partial charge in [0.05, 0.1) is 6.10 Å². The van der Waals surface area contributed by atoms with Gasteiger partial charge in [-0.05, 0) is 48.7 Å². The van der Waals surface area contributed by atoms with Gasteiger partial charge in [-0.25, -0.2) is 15.0 Å². The van der Waals surface area contributed by atoms with E-state index >= 15 is 0 Å². The van der Waals surface area contributed by atoms with Crippen molar-refractivity contribution in [1.29, 1.82) is 0 Å². The van der Waals surface area contributed by atoms with E-state index in [2.05, 4.69) is 20.3 Å². The molecule has 0 bridgehead atoms. The quantitative estimate of drug-likeness (QED) is 0.465. The first-order chi connectivity index (χ1) is 15.1. The molecule has 1 N–H and O–H groups in total. The summed E-state index contributed by atoms with van der Waals surface area (Å²) in [6.45, 7) is 4.47. The van der Waals surface area contributed by atoms with Crippen LogP contribution in [0, 0.1) is 0 Å². The Hall–Kier alpha value is -3.94. The van der Waals surface area contributed by atoms with Crippen LogP contribution in [0.5, 0.6) is 5.75 Å². The van der Waals surface area contributed by atoms with Gasteiger partial charge >= 0.3 is 12.5 Å². The molecule has 0 saturated carbocycles. The van der Waals surface area contributed by atoms with Gasteiger partial charge in [0, 0.05) is 18.0 Å². The molecule has 8 nitrogen and oxygen atoms in total. The molecule has 0 amide bonds. The molecule has 1 unspecified atom stereocenters. The lowest BCUT2D eigenvalue weighted by molar-refractivity contribution is -0.132. The van der Waals surface area contributed by atoms with E-state index in [0.29, 0.717) is 0 Å². The molecule has 1 aromatic heterocycles. The fourth-order valence-corrected chi connectivity index (χ4v) is 3.49. The lowest BCUT2D eigenvalue weighted by atomic mass is 9.83. The van der Waals surface area contributed by atoms with Gasteiger partial charge in [0.15, 0.2) is 5.54 Å². The third-order valence-electron chi connectivity index (χ3n) is 4.84. The van der Waals surface area contributed by atoms with Crippen LogP contribution in [0.25, 0.3) is 11.1 Å². The molecule has 4 rings (SSSR count). The maximum Gasteiger partial charge on any atom is 0.320 e. The standard InChI is InChI=1S/C23H22N4O4/c1-16(2)31-21-8-6-19(7-9-21)23(13-29-22(26-23)27-30-15-28)20-5-3-4-17(10-20)18-11-24-14-25-12-18/h3-12,14-16H,13H2,1-2H3,(H,26,27). The molecule has 2 heterocycles. The third-order valence-corrected chi connectivity index (χ3v) is 4.84. The molecule has 0 fully saturated rings. The topological polar surface area (TPSA) is 94.9 Å². The molecular weight excluding hydrogens is 396 g/mol. The van der Waals surface area contributed by atoms with Crippen LogP contribution in [0.2, 0.25) is 0 Å². The molecule has 0 aliphatic carbocycles. The first kappa shape index (κ1) is 20.3. The van der Waals surface area contributed by atoms with E-state index in [1.807, 2.05) is 62.4 Å². The summed E-state index contributed by atoms with van der Waals surface area (Å²) in [5.41, 5.74) is 5.26. The summed E-state index contributed by atoms with van der Waals surface area (Å²) in [4.78, 5) is 28.1. The molecule has 158 valence electrons. The first-order valence-corrected chi connectivity index (χ1v) is 9.82. The minimum atomic E-state index is -0.837. The highest BCUT2D eigenvalue weighted by atomic mass is 16.7. The van der Waals surface area contributed by atoms with Gasteiger partial charge in [0.1, 0.15) is 18.7 Å². The van der Waals surface area contributed by atoms with Gasteiger partial charge in [-0.1, -0.05) is 30.3 Å². The van der Waals surface area contributed by atoms with Crippen LogP contribution in [-0.4, -0.2) is 35.2 Å². The zero-order valence-corrected chi connectivity index (χ0v) is 17.2. The van der Waals surface area contributed by atoms with Gasteiger partial charge in [0.25, 0.3) is 0 Å². The Morgan fingerprint density at radius 1 is 1.06 bits per heavy atom. The van der Waals surface area contributed by atoms with E-state index in [0.717, 1.165) is 28.0 Å². The number of hydrogen-bond acceptors (Lipinski definition) is 8. The summed E-state index contributed by atoms with van der Waals surface area (Å²) in [6, 6.07) is 15.9. The second-order valence-corrected chi connectivity index (χ2v) is 7.28. The van der Waals surface area contributed by atoms with Crippen molar-refractivity contribution in [2.75, 3.05) is 6.61 Å². The summed E-state index contributed by atoms with van der Waals surface area (Å²) in [5, 5.41) is 0. The molecule has 1 aliphatic heterocycles. The molecule has 1 atom stereocenters. The Kier molecular flexibility index (Phi) is 5.79. The van der Waals surface area contributed by atoms with E-state index in [9.17, 15) is 4.79 Å². The van der Waals surface area contributed by atoms with Crippen molar-refractivity contribution in [2.24, 2.45) is 4.99 Å². The molecule has 2 aromatic carbocycles. The van der Waals surface area contributed by atoms with Gasteiger partial charge < -0.3 is 14.3 Å². The van der Waals surface area contributed by atoms with Crippen molar-refractivity contribution >= 4 is 12.5 Å². The van der Waals surface area contributed by atoms with E-state index in [-0.39, 0.29) is 25.2 Å². The van der Waals surface area contributed by atoms with E-state index < -0.39 is 5.54 Å². The number of amidine groups is 1. The summed E-state index contributed by atoms with van der Waals surface area (Å²) < 4.78 is 11.5. The Morgan fingerprint density at radius 2 is 1.84 bits per heavy atom. The van der Waals surface area contributed by atoms with Crippen molar-refractivity contribution in [3.8, 4) is 16.9 Å². The number of nitrogens with zero attached hydrogens (tertiary/aromatic N) is 3. The zero-order valence-electron chi connectivity index (χ0n) is 17.2. The van der Waals surface area contributed by atoms with Crippen molar-refractivity contribution in [1.82, 2.24) is 15.4 Å². The van der Waals surface area contributed by atoms with Crippen LogP contribution in [-0.2, 0) is 19.9 Å². The van der Waals surface area contributed by atoms with Crippen LogP contribution in [0.3, 0.4) is 0 Å². The Balaban J connectivity index is 1.77. The summed E-state index contributed by atoms with van der Waals surface area (Å²) in [7, 11) is 0. The van der Waals surface area contributed by atoms with Gasteiger partial charge in [0.2, 0.25) is 0 Å². The predicted octanol–water partition coefficient (Wildman–Crippen LogP) is 3.24. The number of aliphatic imine (C=N–C) groups is 1. The van der Waals surface area contributed by atoms with E-state index in [4.69, 9.17) is 14.5 Å². The highest BCUT2D eigenvalue weighted by Gasteiger charge is 2.41. The number of aromatic nitrogens is 2. The summed E-state index contributed by atoms with van der Waals surface area (Å²) in [6.07, 6.45) is 5.09. The number of hydroxylamine groups is 1. The second-order valence-electron chi connectivity index (χ2n) is 7.28. The van der Waals surface area contributed by atoms with Crippen LogP contribution < -0.4 is 10.2 Å². The normalized spacial score (nSPS) is 17.6. The van der Waals surface area contributed by atoms with Gasteiger partial charge in [-0.15, -0.1) is 0 Å².